The van der Waals surface area contributed by atoms with Crippen LogP contribution < -0.4 is 5.32 Å². The Labute approximate surface area is 107 Å². The van der Waals surface area contributed by atoms with Crippen molar-refractivity contribution in [1.82, 2.24) is 10.2 Å². The summed E-state index contributed by atoms with van der Waals surface area (Å²) in [7, 11) is -0.739. The van der Waals surface area contributed by atoms with Crippen LogP contribution in [-0.4, -0.2) is 64.5 Å². The molecular formula is C12H26N2O2S. The Balaban J connectivity index is 1.99. The molecule has 3 unspecified atom stereocenters. The first-order chi connectivity index (χ1) is 8.09. The molecule has 1 aliphatic heterocycles. The van der Waals surface area contributed by atoms with Crippen LogP contribution >= 0.6 is 0 Å². The number of aliphatic hydroxyl groups excluding tert-OH is 1. The summed E-state index contributed by atoms with van der Waals surface area (Å²) in [5.74, 6) is 0. The molecule has 1 heterocycles. The second kappa shape index (κ2) is 8.19. The SMILES string of the molecule is CC(CCNCC(O)CN1CCCC1)S(C)=O. The van der Waals surface area contributed by atoms with Crippen molar-refractivity contribution in [3.05, 3.63) is 0 Å². The van der Waals surface area contributed by atoms with Crippen LogP contribution in [-0.2, 0) is 10.8 Å². The highest BCUT2D eigenvalue weighted by Gasteiger charge is 2.15. The van der Waals surface area contributed by atoms with Crippen molar-refractivity contribution in [2.45, 2.75) is 37.5 Å². The van der Waals surface area contributed by atoms with E-state index < -0.39 is 10.8 Å². The fourth-order valence-electron chi connectivity index (χ4n) is 2.07. The monoisotopic (exact) mass is 262 g/mol. The Hall–Kier alpha value is 0.0300. The van der Waals surface area contributed by atoms with E-state index in [1.54, 1.807) is 6.26 Å². The molecule has 0 radical (unpaired) electrons. The summed E-state index contributed by atoms with van der Waals surface area (Å²) >= 11 is 0. The molecular weight excluding hydrogens is 236 g/mol. The third-order valence-electron chi connectivity index (χ3n) is 3.34. The number of rotatable bonds is 8. The van der Waals surface area contributed by atoms with Gasteiger partial charge >= 0.3 is 0 Å². The molecule has 0 bridgehead atoms. The average molecular weight is 262 g/mol. The Bertz CT molecular complexity index is 233. The normalized spacial score (nSPS) is 22.5. The van der Waals surface area contributed by atoms with E-state index in [0.29, 0.717) is 6.54 Å². The van der Waals surface area contributed by atoms with Gasteiger partial charge in [-0.1, -0.05) is 6.92 Å². The zero-order valence-electron chi connectivity index (χ0n) is 11.0. The molecule has 1 aliphatic rings. The summed E-state index contributed by atoms with van der Waals surface area (Å²) in [6.45, 7) is 6.50. The molecule has 3 atom stereocenters. The van der Waals surface area contributed by atoms with E-state index in [-0.39, 0.29) is 11.4 Å². The van der Waals surface area contributed by atoms with Crippen LogP contribution in [0.1, 0.15) is 26.2 Å². The van der Waals surface area contributed by atoms with Crippen LogP contribution in [0.25, 0.3) is 0 Å². The first-order valence-corrected chi connectivity index (χ1v) is 8.15. The minimum atomic E-state index is -0.739. The third kappa shape index (κ3) is 6.50. The van der Waals surface area contributed by atoms with Crippen molar-refractivity contribution >= 4 is 10.8 Å². The molecule has 0 spiro atoms. The molecule has 0 aromatic heterocycles. The van der Waals surface area contributed by atoms with Crippen LogP contribution in [0.2, 0.25) is 0 Å². The van der Waals surface area contributed by atoms with Crippen LogP contribution in [0.4, 0.5) is 0 Å². The Morgan fingerprint density at radius 1 is 1.41 bits per heavy atom. The lowest BCUT2D eigenvalue weighted by Crippen LogP contribution is -2.37. The van der Waals surface area contributed by atoms with E-state index in [2.05, 4.69) is 10.2 Å². The third-order valence-corrected chi connectivity index (χ3v) is 4.71. The standard InChI is InChI=1S/C12H26N2O2S/c1-11(17(2)16)5-6-13-9-12(15)10-14-7-3-4-8-14/h11-13,15H,3-10H2,1-2H3. The summed E-state index contributed by atoms with van der Waals surface area (Å²) in [6.07, 6.45) is 4.89. The van der Waals surface area contributed by atoms with E-state index in [1.807, 2.05) is 6.92 Å². The quantitative estimate of drug-likeness (QED) is 0.613. The molecule has 17 heavy (non-hydrogen) atoms. The van der Waals surface area contributed by atoms with Crippen molar-refractivity contribution in [2.75, 3.05) is 39.0 Å². The molecule has 1 rings (SSSR count). The molecule has 4 nitrogen and oxygen atoms in total. The van der Waals surface area contributed by atoms with Gasteiger partial charge in [0.05, 0.1) is 6.10 Å². The topological polar surface area (TPSA) is 52.6 Å². The first kappa shape index (κ1) is 15.1. The van der Waals surface area contributed by atoms with Crippen molar-refractivity contribution in [3.8, 4) is 0 Å². The predicted octanol–water partition coefficient (Wildman–Crippen LogP) is 0.190. The van der Waals surface area contributed by atoms with E-state index in [0.717, 1.165) is 32.6 Å². The summed E-state index contributed by atoms with van der Waals surface area (Å²) in [6, 6.07) is 0. The highest BCUT2D eigenvalue weighted by molar-refractivity contribution is 7.84. The number of hydrogen-bond donors (Lipinski definition) is 2. The van der Waals surface area contributed by atoms with Gasteiger partial charge in [-0.15, -0.1) is 0 Å². The molecule has 0 saturated carbocycles. The molecule has 1 saturated heterocycles. The second-order valence-corrected chi connectivity index (χ2v) is 6.77. The smallest absolute Gasteiger partial charge is 0.0791 e. The van der Waals surface area contributed by atoms with Crippen LogP contribution in [0.5, 0.6) is 0 Å². The minimum absolute atomic E-state index is 0.234. The minimum Gasteiger partial charge on any atom is -0.390 e. The van der Waals surface area contributed by atoms with Gasteiger partial charge in [-0.2, -0.15) is 0 Å². The molecule has 0 aliphatic carbocycles. The number of likely N-dealkylation sites (tertiary alicyclic amines) is 1. The molecule has 2 N–H and O–H groups in total. The summed E-state index contributed by atoms with van der Waals surface area (Å²) in [5, 5.41) is 13.3. The van der Waals surface area contributed by atoms with Gasteiger partial charge in [0.25, 0.3) is 0 Å². The lowest BCUT2D eigenvalue weighted by molar-refractivity contribution is 0.123. The summed E-state index contributed by atoms with van der Waals surface area (Å²) in [5.41, 5.74) is 0. The van der Waals surface area contributed by atoms with Gasteiger partial charge in [-0.3, -0.25) is 4.21 Å². The van der Waals surface area contributed by atoms with E-state index in [4.69, 9.17) is 0 Å². The summed E-state index contributed by atoms with van der Waals surface area (Å²) < 4.78 is 11.1. The van der Waals surface area contributed by atoms with Crippen molar-refractivity contribution in [1.29, 1.82) is 0 Å². The molecule has 0 amide bonds. The molecule has 5 heteroatoms. The van der Waals surface area contributed by atoms with Gasteiger partial charge in [-0.05, 0) is 38.9 Å². The Morgan fingerprint density at radius 2 is 2.06 bits per heavy atom. The number of β-amino-alcohol motifs (C(OH)–C–C–N with tert-alkyl or cyclic N) is 1. The largest absolute Gasteiger partial charge is 0.390 e. The van der Waals surface area contributed by atoms with Crippen LogP contribution in [0, 0.1) is 0 Å². The maximum atomic E-state index is 11.1. The maximum absolute atomic E-state index is 11.1. The van der Waals surface area contributed by atoms with Gasteiger partial charge in [0.2, 0.25) is 0 Å². The lowest BCUT2D eigenvalue weighted by Gasteiger charge is -2.19. The van der Waals surface area contributed by atoms with Crippen molar-refractivity contribution in [2.24, 2.45) is 0 Å². The average Bonchev–Trinajstić information content (AvgIpc) is 2.76. The van der Waals surface area contributed by atoms with Gasteiger partial charge in [0, 0.05) is 35.4 Å². The van der Waals surface area contributed by atoms with Gasteiger partial charge < -0.3 is 15.3 Å². The van der Waals surface area contributed by atoms with Crippen LogP contribution in [0.3, 0.4) is 0 Å². The molecule has 102 valence electrons. The van der Waals surface area contributed by atoms with Crippen LogP contribution in [0.15, 0.2) is 0 Å². The fraction of sp³-hybridized carbons (Fsp3) is 1.00. The van der Waals surface area contributed by atoms with Gasteiger partial charge in [0.15, 0.2) is 0 Å². The first-order valence-electron chi connectivity index (χ1n) is 6.53. The zero-order chi connectivity index (χ0) is 12.7. The van der Waals surface area contributed by atoms with Crippen molar-refractivity contribution in [3.63, 3.8) is 0 Å². The lowest BCUT2D eigenvalue weighted by atomic mass is 10.3. The number of aliphatic hydroxyl groups is 1. The highest BCUT2D eigenvalue weighted by atomic mass is 32.2. The van der Waals surface area contributed by atoms with Gasteiger partial charge in [0.1, 0.15) is 0 Å². The Kier molecular flexibility index (Phi) is 7.27. The Morgan fingerprint density at radius 3 is 2.65 bits per heavy atom. The molecule has 1 fully saturated rings. The fourth-order valence-corrected chi connectivity index (χ4v) is 2.52. The summed E-state index contributed by atoms with van der Waals surface area (Å²) in [4.78, 5) is 2.32. The van der Waals surface area contributed by atoms with E-state index in [9.17, 15) is 9.32 Å². The molecule has 0 aromatic rings. The predicted molar refractivity (Wildman–Crippen MR) is 72.7 cm³/mol. The van der Waals surface area contributed by atoms with Gasteiger partial charge in [-0.25, -0.2) is 0 Å². The highest BCUT2D eigenvalue weighted by Crippen LogP contribution is 2.07. The van der Waals surface area contributed by atoms with E-state index >= 15 is 0 Å². The maximum Gasteiger partial charge on any atom is 0.0791 e. The molecule has 0 aromatic carbocycles. The van der Waals surface area contributed by atoms with E-state index in [1.165, 1.54) is 12.8 Å². The number of hydrogen-bond acceptors (Lipinski definition) is 4. The zero-order valence-corrected chi connectivity index (χ0v) is 11.8. The second-order valence-electron chi connectivity index (χ2n) is 4.96. The number of nitrogens with zero attached hydrogens (tertiary/aromatic N) is 1. The number of nitrogens with one attached hydrogen (secondary N) is 1. The van der Waals surface area contributed by atoms with Crippen molar-refractivity contribution < 1.29 is 9.32 Å².